The molecule has 0 unspecified atom stereocenters. The van der Waals surface area contributed by atoms with E-state index in [-0.39, 0.29) is 31.0 Å². The molecular weight excluding hydrogens is 406 g/mol. The topological polar surface area (TPSA) is 112 Å². The number of nitrogens with one attached hydrogen (secondary N) is 3. The average Bonchev–Trinajstić information content (AvgIpc) is 2.62. The highest BCUT2D eigenvalue weighted by atomic mass is 32.2. The van der Waals surface area contributed by atoms with E-state index in [1.165, 1.54) is 0 Å². The van der Waals surface area contributed by atoms with E-state index < -0.39 is 15.6 Å². The molecule has 0 aliphatic carbocycles. The van der Waals surface area contributed by atoms with Gasteiger partial charge in [-0.3, -0.25) is 4.99 Å². The van der Waals surface area contributed by atoms with Gasteiger partial charge in [0.1, 0.15) is 5.60 Å². The minimum absolute atomic E-state index is 0.0446. The number of carbonyl (C=O) groups is 1. The van der Waals surface area contributed by atoms with Gasteiger partial charge in [-0.15, -0.1) is 0 Å². The predicted octanol–water partition coefficient (Wildman–Crippen LogP) is 1.28. The molecule has 10 heteroatoms. The van der Waals surface area contributed by atoms with Crippen LogP contribution in [-0.2, 0) is 21.3 Å². The van der Waals surface area contributed by atoms with E-state index in [1.807, 2.05) is 58.0 Å². The zero-order valence-electron chi connectivity index (χ0n) is 18.1. The maximum atomic E-state index is 12.2. The molecule has 1 fully saturated rings. The molecule has 0 saturated carbocycles. The number of aliphatic imine (C=N–C) groups is 1. The smallest absolute Gasteiger partial charge is 0.410 e. The first kappa shape index (κ1) is 23.9. The number of rotatable bonds is 8. The number of guanidine groups is 1. The van der Waals surface area contributed by atoms with Crippen LogP contribution in [0.25, 0.3) is 0 Å². The van der Waals surface area contributed by atoms with Gasteiger partial charge in [-0.25, -0.2) is 17.9 Å². The highest BCUT2D eigenvalue weighted by Crippen LogP contribution is 2.15. The number of sulfonamides is 1. The zero-order chi connectivity index (χ0) is 22.2. The summed E-state index contributed by atoms with van der Waals surface area (Å²) in [6.45, 7) is 9.48. The molecular formula is C20H33N5O4S. The van der Waals surface area contributed by atoms with Gasteiger partial charge in [0, 0.05) is 26.2 Å². The predicted molar refractivity (Wildman–Crippen MR) is 118 cm³/mol. The summed E-state index contributed by atoms with van der Waals surface area (Å²) in [6.07, 6.45) is -0.335. The second-order valence-corrected chi connectivity index (χ2v) is 10.0. The van der Waals surface area contributed by atoms with E-state index in [0.717, 1.165) is 5.56 Å². The van der Waals surface area contributed by atoms with Gasteiger partial charge in [0.15, 0.2) is 5.96 Å². The molecule has 0 bridgehead atoms. The van der Waals surface area contributed by atoms with Crippen molar-refractivity contribution in [3.63, 3.8) is 0 Å². The van der Waals surface area contributed by atoms with Crippen LogP contribution < -0.4 is 15.4 Å². The molecule has 0 radical (unpaired) electrons. The van der Waals surface area contributed by atoms with Crippen molar-refractivity contribution in [1.29, 1.82) is 0 Å². The molecule has 9 nitrogen and oxygen atoms in total. The molecule has 2 rings (SSSR count). The molecule has 0 spiro atoms. The Kier molecular flexibility index (Phi) is 8.48. The molecule has 1 saturated heterocycles. The van der Waals surface area contributed by atoms with Gasteiger partial charge in [0.05, 0.1) is 18.3 Å². The van der Waals surface area contributed by atoms with Crippen LogP contribution in [-0.4, -0.2) is 68.9 Å². The maximum absolute atomic E-state index is 12.2. The summed E-state index contributed by atoms with van der Waals surface area (Å²) in [5.41, 5.74) is 0.380. The number of hydrogen-bond donors (Lipinski definition) is 3. The fourth-order valence-corrected chi connectivity index (χ4v) is 3.56. The number of nitrogens with zero attached hydrogens (tertiary/aromatic N) is 2. The van der Waals surface area contributed by atoms with Crippen molar-refractivity contribution >= 4 is 22.1 Å². The molecule has 30 heavy (non-hydrogen) atoms. The summed E-state index contributed by atoms with van der Waals surface area (Å²) < 4.78 is 32.3. The summed E-state index contributed by atoms with van der Waals surface area (Å²) in [5.74, 6) is 0.426. The molecule has 1 amide bonds. The van der Waals surface area contributed by atoms with Gasteiger partial charge in [-0.2, -0.15) is 0 Å². The molecule has 1 aliphatic rings. The molecule has 0 atom stereocenters. The van der Waals surface area contributed by atoms with E-state index in [4.69, 9.17) is 4.74 Å². The molecule has 1 aliphatic heterocycles. The Labute approximate surface area is 179 Å². The van der Waals surface area contributed by atoms with Gasteiger partial charge in [-0.05, 0) is 33.3 Å². The van der Waals surface area contributed by atoms with Crippen molar-refractivity contribution in [3.05, 3.63) is 35.9 Å². The van der Waals surface area contributed by atoms with Gasteiger partial charge < -0.3 is 20.3 Å². The standard InChI is InChI=1S/C20H33N5O4S/c1-5-21-18(24-17-14-25(15-17)19(26)29-20(2,3)4)22-11-12-30(27,28)23-13-16-9-7-6-8-10-16/h6-10,17,23H,5,11-15H2,1-4H3,(H2,21,22,24). The van der Waals surface area contributed by atoms with Crippen LogP contribution in [0.4, 0.5) is 4.79 Å². The van der Waals surface area contributed by atoms with Gasteiger partial charge in [0.2, 0.25) is 10.0 Å². The lowest BCUT2D eigenvalue weighted by molar-refractivity contribution is 0.00700. The third-order valence-corrected chi connectivity index (χ3v) is 5.49. The number of carbonyl (C=O) groups excluding carboxylic acids is 1. The van der Waals surface area contributed by atoms with Crippen LogP contribution in [0.3, 0.4) is 0 Å². The van der Waals surface area contributed by atoms with Gasteiger partial charge in [0.25, 0.3) is 0 Å². The van der Waals surface area contributed by atoms with Crippen LogP contribution >= 0.6 is 0 Å². The number of ether oxygens (including phenoxy) is 1. The Hall–Kier alpha value is -2.33. The summed E-state index contributed by atoms with van der Waals surface area (Å²) >= 11 is 0. The Balaban J connectivity index is 1.77. The van der Waals surface area contributed by atoms with Gasteiger partial charge >= 0.3 is 6.09 Å². The average molecular weight is 440 g/mol. The molecule has 168 valence electrons. The van der Waals surface area contributed by atoms with Crippen molar-refractivity contribution in [2.24, 2.45) is 4.99 Å². The van der Waals surface area contributed by atoms with Crippen molar-refractivity contribution in [1.82, 2.24) is 20.3 Å². The maximum Gasteiger partial charge on any atom is 0.410 e. The first-order chi connectivity index (χ1) is 14.1. The number of benzene rings is 1. The van der Waals surface area contributed by atoms with E-state index in [9.17, 15) is 13.2 Å². The first-order valence-electron chi connectivity index (χ1n) is 10.1. The fourth-order valence-electron chi connectivity index (χ4n) is 2.70. The summed E-state index contributed by atoms with van der Waals surface area (Å²) in [5, 5.41) is 6.32. The Morgan fingerprint density at radius 2 is 1.90 bits per heavy atom. The minimum Gasteiger partial charge on any atom is -0.444 e. The van der Waals surface area contributed by atoms with Crippen molar-refractivity contribution in [3.8, 4) is 0 Å². The Bertz CT molecular complexity index is 815. The molecule has 0 aromatic heterocycles. The third kappa shape index (κ3) is 8.58. The monoisotopic (exact) mass is 439 g/mol. The number of hydrogen-bond acceptors (Lipinski definition) is 5. The van der Waals surface area contributed by atoms with Crippen LogP contribution in [0.1, 0.15) is 33.3 Å². The van der Waals surface area contributed by atoms with E-state index >= 15 is 0 Å². The summed E-state index contributed by atoms with van der Waals surface area (Å²) in [7, 11) is -3.43. The van der Waals surface area contributed by atoms with Crippen LogP contribution in [0, 0.1) is 0 Å². The SMILES string of the molecule is CCNC(=NCCS(=O)(=O)NCc1ccccc1)NC1CN(C(=O)OC(C)(C)C)C1. The molecule has 1 aromatic carbocycles. The minimum atomic E-state index is -3.43. The van der Waals surface area contributed by atoms with Gasteiger partial charge in [-0.1, -0.05) is 30.3 Å². The lowest BCUT2D eigenvalue weighted by Gasteiger charge is -2.40. The molecule has 3 N–H and O–H groups in total. The highest BCUT2D eigenvalue weighted by Gasteiger charge is 2.34. The first-order valence-corrected chi connectivity index (χ1v) is 11.8. The van der Waals surface area contributed by atoms with Crippen LogP contribution in [0.5, 0.6) is 0 Å². The molecule has 1 heterocycles. The lowest BCUT2D eigenvalue weighted by Crippen LogP contribution is -2.63. The largest absolute Gasteiger partial charge is 0.444 e. The Morgan fingerprint density at radius 1 is 1.23 bits per heavy atom. The van der Waals surface area contributed by atoms with Crippen molar-refractivity contribution in [2.45, 2.75) is 45.9 Å². The van der Waals surface area contributed by atoms with E-state index in [2.05, 4.69) is 20.3 Å². The fraction of sp³-hybridized carbons (Fsp3) is 0.600. The highest BCUT2D eigenvalue weighted by molar-refractivity contribution is 7.89. The molecule has 1 aromatic rings. The Morgan fingerprint density at radius 3 is 2.50 bits per heavy atom. The second-order valence-electron chi connectivity index (χ2n) is 8.11. The third-order valence-electron chi connectivity index (χ3n) is 4.19. The van der Waals surface area contributed by atoms with E-state index in [0.29, 0.717) is 25.6 Å². The second kappa shape index (κ2) is 10.6. The van der Waals surface area contributed by atoms with Crippen LogP contribution in [0.15, 0.2) is 35.3 Å². The zero-order valence-corrected chi connectivity index (χ0v) is 19.0. The summed E-state index contributed by atoms with van der Waals surface area (Å²) in [6, 6.07) is 9.40. The lowest BCUT2D eigenvalue weighted by atomic mass is 10.1. The normalized spacial score (nSPS) is 15.5. The van der Waals surface area contributed by atoms with Crippen LogP contribution in [0.2, 0.25) is 0 Å². The van der Waals surface area contributed by atoms with Crippen molar-refractivity contribution < 1.29 is 17.9 Å². The van der Waals surface area contributed by atoms with E-state index in [1.54, 1.807) is 4.90 Å². The van der Waals surface area contributed by atoms with Crippen molar-refractivity contribution in [2.75, 3.05) is 31.9 Å². The quantitative estimate of drug-likeness (QED) is 0.416. The number of amides is 1. The number of likely N-dealkylation sites (tertiary alicyclic amines) is 1. The summed E-state index contributed by atoms with van der Waals surface area (Å²) in [4.78, 5) is 18.0.